The fourth-order valence-corrected chi connectivity index (χ4v) is 4.88. The van der Waals surface area contributed by atoms with E-state index in [0.717, 1.165) is 49.6 Å². The molecule has 0 unspecified atom stereocenters. The number of fused-ring (bicyclic) bond motifs is 1. The zero-order valence-corrected chi connectivity index (χ0v) is 19.4. The molecule has 0 radical (unpaired) electrons. The number of hydrogen-bond donors (Lipinski definition) is 2. The molecule has 0 atom stereocenters. The van der Waals surface area contributed by atoms with Gasteiger partial charge in [0.25, 0.3) is 0 Å². The molecule has 0 bridgehead atoms. The lowest BCUT2D eigenvalue weighted by Crippen LogP contribution is -2.20. The van der Waals surface area contributed by atoms with Crippen molar-refractivity contribution in [3.8, 4) is 11.8 Å². The van der Waals surface area contributed by atoms with Gasteiger partial charge < -0.3 is 15.4 Å². The van der Waals surface area contributed by atoms with E-state index in [2.05, 4.69) is 51.8 Å². The van der Waals surface area contributed by atoms with Crippen LogP contribution in [0.5, 0.6) is 11.8 Å². The molecule has 168 valence electrons. The number of benzene rings is 1. The molecule has 2 aromatic rings. The Kier molecular flexibility index (Phi) is 5.27. The Morgan fingerprint density at radius 3 is 2.91 bits per heavy atom. The third kappa shape index (κ3) is 4.33. The molecular weight excluding hydrogens is 434 g/mol. The fraction of sp³-hybridized carbons (Fsp3) is 0.346. The fourth-order valence-electron chi connectivity index (χ4n) is 4.60. The monoisotopic (exact) mass is 459 g/mol. The zero-order valence-electron chi connectivity index (χ0n) is 18.6. The molecule has 1 aromatic carbocycles. The second kappa shape index (κ2) is 8.43. The summed E-state index contributed by atoms with van der Waals surface area (Å²) in [6.45, 7) is 4.66. The first-order chi connectivity index (χ1) is 16.1. The van der Waals surface area contributed by atoms with Gasteiger partial charge in [-0.2, -0.15) is 9.97 Å². The van der Waals surface area contributed by atoms with Gasteiger partial charge in [0.05, 0.1) is 17.3 Å². The molecule has 2 aliphatic carbocycles. The average Bonchev–Trinajstić information content (AvgIpc) is 3.45. The summed E-state index contributed by atoms with van der Waals surface area (Å²) >= 11 is 6.70. The Morgan fingerprint density at radius 2 is 2.09 bits per heavy atom. The first-order valence-electron chi connectivity index (χ1n) is 11.6. The highest BCUT2D eigenvalue weighted by Gasteiger charge is 2.28. The van der Waals surface area contributed by atoms with Gasteiger partial charge in [-0.1, -0.05) is 35.4 Å². The number of amidine groups is 1. The van der Waals surface area contributed by atoms with Gasteiger partial charge in [-0.25, -0.2) is 0 Å². The van der Waals surface area contributed by atoms with Crippen LogP contribution in [0.3, 0.4) is 0 Å². The van der Waals surface area contributed by atoms with Crippen molar-refractivity contribution in [2.75, 3.05) is 25.0 Å². The van der Waals surface area contributed by atoms with Crippen LogP contribution >= 0.6 is 11.6 Å². The molecule has 1 saturated carbocycles. The van der Waals surface area contributed by atoms with Crippen LogP contribution in [0.25, 0.3) is 11.6 Å². The first-order valence-corrected chi connectivity index (χ1v) is 12.0. The van der Waals surface area contributed by atoms with Gasteiger partial charge in [0.2, 0.25) is 0 Å². The van der Waals surface area contributed by atoms with Crippen molar-refractivity contribution >= 4 is 34.9 Å². The molecule has 6 rings (SSSR count). The van der Waals surface area contributed by atoms with Gasteiger partial charge in [0.15, 0.2) is 0 Å². The van der Waals surface area contributed by atoms with E-state index in [9.17, 15) is 0 Å². The van der Waals surface area contributed by atoms with Crippen LogP contribution in [0.1, 0.15) is 43.0 Å². The largest absolute Gasteiger partial charge is 0.423 e. The summed E-state index contributed by atoms with van der Waals surface area (Å²) in [4.78, 5) is 14.0. The van der Waals surface area contributed by atoms with Gasteiger partial charge in [-0.3, -0.25) is 4.99 Å². The van der Waals surface area contributed by atoms with E-state index in [1.165, 1.54) is 35.1 Å². The average molecular weight is 460 g/mol. The lowest BCUT2D eigenvalue weighted by Gasteiger charge is -2.16. The molecule has 0 amide bonds. The molecule has 2 aliphatic heterocycles. The highest BCUT2D eigenvalue weighted by Crippen LogP contribution is 2.39. The number of aliphatic imine (C=N–C) groups is 1. The van der Waals surface area contributed by atoms with Crippen LogP contribution in [-0.4, -0.2) is 35.4 Å². The van der Waals surface area contributed by atoms with Crippen molar-refractivity contribution in [1.29, 1.82) is 0 Å². The van der Waals surface area contributed by atoms with Gasteiger partial charge in [0.1, 0.15) is 17.4 Å². The highest BCUT2D eigenvalue weighted by molar-refractivity contribution is 6.33. The Balaban J connectivity index is 1.32. The summed E-state index contributed by atoms with van der Waals surface area (Å²) < 4.78 is 6.15. The summed E-state index contributed by atoms with van der Waals surface area (Å²) in [7, 11) is 0. The van der Waals surface area contributed by atoms with E-state index in [1.54, 1.807) is 0 Å². The van der Waals surface area contributed by atoms with Crippen LogP contribution in [0.4, 0.5) is 5.82 Å². The first kappa shape index (κ1) is 20.6. The van der Waals surface area contributed by atoms with E-state index >= 15 is 0 Å². The standard InChI is InChI=1S/C26H26ClN5O/c1-15-10-18-4-5-22(25(27)20(18)11-15)33-26-30-21(17-6-8-28-9-7-17)13-24(32-26)31-23-12-19(14-29-23)16-2-3-16/h4-6,11-13,16,28H,2-3,7-10,14H2,1H3,(H,29,30,31,32). The second-order valence-electron chi connectivity index (χ2n) is 9.14. The lowest BCUT2D eigenvalue weighted by atomic mass is 10.1. The molecule has 3 heterocycles. The Morgan fingerprint density at radius 1 is 1.18 bits per heavy atom. The summed E-state index contributed by atoms with van der Waals surface area (Å²) in [5.74, 6) is 2.81. The highest BCUT2D eigenvalue weighted by atomic mass is 35.5. The predicted octanol–water partition coefficient (Wildman–Crippen LogP) is 5.42. The maximum atomic E-state index is 6.70. The molecule has 7 heteroatoms. The molecule has 0 spiro atoms. The van der Waals surface area contributed by atoms with Crippen LogP contribution in [0, 0.1) is 5.92 Å². The smallest absolute Gasteiger partial charge is 0.324 e. The Labute approximate surface area is 198 Å². The molecule has 0 saturated heterocycles. The van der Waals surface area contributed by atoms with Crippen molar-refractivity contribution in [3.05, 3.63) is 63.3 Å². The zero-order chi connectivity index (χ0) is 22.4. The van der Waals surface area contributed by atoms with Crippen molar-refractivity contribution in [2.24, 2.45) is 10.9 Å². The number of allylic oxidation sites excluding steroid dienone is 1. The van der Waals surface area contributed by atoms with Gasteiger partial charge in [0, 0.05) is 18.2 Å². The number of rotatable bonds is 5. The minimum Gasteiger partial charge on any atom is -0.423 e. The minimum absolute atomic E-state index is 0.278. The van der Waals surface area contributed by atoms with E-state index < -0.39 is 0 Å². The third-order valence-corrected chi connectivity index (χ3v) is 6.90. The van der Waals surface area contributed by atoms with Crippen LogP contribution < -0.4 is 15.4 Å². The molecule has 6 nitrogen and oxygen atoms in total. The number of nitrogens with zero attached hydrogens (tertiary/aromatic N) is 3. The van der Waals surface area contributed by atoms with E-state index in [1.807, 2.05) is 12.1 Å². The van der Waals surface area contributed by atoms with Crippen molar-refractivity contribution in [1.82, 2.24) is 15.3 Å². The molecule has 4 aliphatic rings. The maximum absolute atomic E-state index is 6.70. The quantitative estimate of drug-likeness (QED) is 0.624. The minimum atomic E-state index is 0.278. The Hall–Kier alpha value is -2.96. The summed E-state index contributed by atoms with van der Waals surface area (Å²) in [5.41, 5.74) is 7.01. The number of halogens is 1. The van der Waals surface area contributed by atoms with Crippen LogP contribution in [0.2, 0.25) is 5.02 Å². The second-order valence-corrected chi connectivity index (χ2v) is 9.52. The number of hydrogen-bond acceptors (Lipinski definition) is 6. The number of anilines is 1. The number of ether oxygens (including phenoxy) is 1. The van der Waals surface area contributed by atoms with E-state index in [-0.39, 0.29) is 6.01 Å². The normalized spacial score (nSPS) is 19.5. The maximum Gasteiger partial charge on any atom is 0.324 e. The third-order valence-electron chi connectivity index (χ3n) is 6.51. The predicted molar refractivity (Wildman–Crippen MR) is 133 cm³/mol. The van der Waals surface area contributed by atoms with Gasteiger partial charge in [-0.05, 0) is 73.9 Å². The van der Waals surface area contributed by atoms with E-state index in [4.69, 9.17) is 21.3 Å². The number of aromatic nitrogens is 2. The SMILES string of the molecule is CC1=Cc2c(ccc(Oc3nc(NC4=NCC(C5CC5)=C4)cc(C4=CCNCC4)n3)c2Cl)C1. The lowest BCUT2D eigenvalue weighted by molar-refractivity contribution is 0.442. The Bertz CT molecular complexity index is 1260. The molecule has 1 fully saturated rings. The van der Waals surface area contributed by atoms with Crippen LogP contribution in [0.15, 0.2) is 46.5 Å². The van der Waals surface area contributed by atoms with Crippen molar-refractivity contribution in [2.45, 2.75) is 32.6 Å². The number of nitrogens with one attached hydrogen (secondary N) is 2. The van der Waals surface area contributed by atoms with E-state index in [0.29, 0.717) is 22.5 Å². The topological polar surface area (TPSA) is 71.4 Å². The summed E-state index contributed by atoms with van der Waals surface area (Å²) in [6, 6.07) is 6.23. The van der Waals surface area contributed by atoms with Crippen molar-refractivity contribution < 1.29 is 4.74 Å². The van der Waals surface area contributed by atoms with Gasteiger partial charge >= 0.3 is 6.01 Å². The summed E-state index contributed by atoms with van der Waals surface area (Å²) in [6.07, 6.45) is 10.9. The van der Waals surface area contributed by atoms with Crippen LogP contribution in [-0.2, 0) is 6.42 Å². The molecule has 2 N–H and O–H groups in total. The van der Waals surface area contributed by atoms with Gasteiger partial charge in [-0.15, -0.1) is 0 Å². The summed E-state index contributed by atoms with van der Waals surface area (Å²) in [5, 5.41) is 7.33. The molecular formula is C26H26ClN5O. The van der Waals surface area contributed by atoms with Crippen molar-refractivity contribution in [3.63, 3.8) is 0 Å². The molecule has 1 aromatic heterocycles. The molecule has 33 heavy (non-hydrogen) atoms.